The maximum absolute atomic E-state index is 13.9. The van der Waals surface area contributed by atoms with Crippen LogP contribution >= 0.6 is 22.9 Å². The van der Waals surface area contributed by atoms with Crippen molar-refractivity contribution >= 4 is 34.5 Å². The van der Waals surface area contributed by atoms with E-state index in [1.54, 1.807) is 11.3 Å². The second-order valence-corrected chi connectivity index (χ2v) is 8.91. The van der Waals surface area contributed by atoms with Gasteiger partial charge >= 0.3 is 0 Å². The van der Waals surface area contributed by atoms with Gasteiger partial charge in [-0.25, -0.2) is 9.37 Å². The van der Waals surface area contributed by atoms with Gasteiger partial charge in [0.15, 0.2) is 0 Å². The maximum atomic E-state index is 13.9. The molecule has 4 rings (SSSR count). The Morgan fingerprint density at radius 1 is 1.19 bits per heavy atom. The Balaban J connectivity index is 1.29. The standard InChI is InChI=1S/C23H24ClFN4OS/c1-16(22(30)27-21-13-18(24)7-8-20(21)25)29-11-9-28(10-12-29)14-19-15-31-23(26-19)17-5-3-2-4-6-17/h2-8,13,15-16H,9-12,14H2,1H3,(H,27,30). The molecule has 0 saturated carbocycles. The van der Waals surface area contributed by atoms with E-state index in [0.29, 0.717) is 5.02 Å². The fourth-order valence-corrected chi connectivity index (χ4v) is 4.62. The summed E-state index contributed by atoms with van der Waals surface area (Å²) in [5.74, 6) is -0.727. The minimum atomic E-state index is -0.493. The lowest BCUT2D eigenvalue weighted by molar-refractivity contribution is -0.121. The minimum Gasteiger partial charge on any atom is -0.322 e. The summed E-state index contributed by atoms with van der Waals surface area (Å²) in [5, 5.41) is 6.19. The number of carbonyl (C=O) groups is 1. The van der Waals surface area contributed by atoms with Crippen LogP contribution in [-0.4, -0.2) is 52.9 Å². The first-order valence-electron chi connectivity index (χ1n) is 10.2. The summed E-state index contributed by atoms with van der Waals surface area (Å²) in [6, 6.07) is 14.0. The molecule has 1 atom stereocenters. The highest BCUT2D eigenvalue weighted by atomic mass is 35.5. The Hall–Kier alpha value is -2.32. The molecular formula is C23H24ClFN4OS. The number of hydrogen-bond acceptors (Lipinski definition) is 5. The van der Waals surface area contributed by atoms with E-state index >= 15 is 0 Å². The van der Waals surface area contributed by atoms with E-state index in [9.17, 15) is 9.18 Å². The number of piperazine rings is 1. The number of anilines is 1. The molecule has 31 heavy (non-hydrogen) atoms. The molecule has 8 heteroatoms. The molecule has 1 fully saturated rings. The van der Waals surface area contributed by atoms with Crippen molar-refractivity contribution < 1.29 is 9.18 Å². The normalized spacial score (nSPS) is 16.2. The van der Waals surface area contributed by atoms with Gasteiger partial charge in [-0.15, -0.1) is 11.3 Å². The van der Waals surface area contributed by atoms with E-state index < -0.39 is 5.82 Å². The molecule has 0 aliphatic carbocycles. The Kier molecular flexibility index (Phi) is 6.97. The third kappa shape index (κ3) is 5.49. The molecule has 162 valence electrons. The summed E-state index contributed by atoms with van der Waals surface area (Å²) in [5.41, 5.74) is 2.32. The zero-order valence-corrected chi connectivity index (χ0v) is 18.8. The summed E-state index contributed by atoms with van der Waals surface area (Å²) in [4.78, 5) is 21.8. The molecule has 1 unspecified atom stereocenters. The van der Waals surface area contributed by atoms with Crippen molar-refractivity contribution in [3.05, 3.63) is 70.4 Å². The van der Waals surface area contributed by atoms with Crippen LogP contribution in [-0.2, 0) is 11.3 Å². The molecule has 0 bridgehead atoms. The summed E-state index contributed by atoms with van der Waals surface area (Å²) >= 11 is 7.57. The smallest absolute Gasteiger partial charge is 0.241 e. The van der Waals surface area contributed by atoms with Gasteiger partial charge in [0.25, 0.3) is 0 Å². The lowest BCUT2D eigenvalue weighted by Crippen LogP contribution is -2.52. The zero-order chi connectivity index (χ0) is 21.8. The molecule has 1 aliphatic heterocycles. The van der Waals surface area contributed by atoms with E-state index in [0.717, 1.165) is 49.0 Å². The SMILES string of the molecule is CC(C(=O)Nc1cc(Cl)ccc1F)N1CCN(Cc2csc(-c3ccccc3)n2)CC1. The molecule has 1 N–H and O–H groups in total. The number of halogens is 2. The Morgan fingerprint density at radius 2 is 1.94 bits per heavy atom. The average molecular weight is 459 g/mol. The third-order valence-electron chi connectivity index (χ3n) is 5.48. The number of carbonyl (C=O) groups excluding carboxylic acids is 1. The molecule has 1 saturated heterocycles. The second-order valence-electron chi connectivity index (χ2n) is 7.61. The molecule has 2 aromatic carbocycles. The number of hydrogen-bond donors (Lipinski definition) is 1. The summed E-state index contributed by atoms with van der Waals surface area (Å²) in [6.07, 6.45) is 0. The van der Waals surface area contributed by atoms with E-state index in [2.05, 4.69) is 32.6 Å². The zero-order valence-electron chi connectivity index (χ0n) is 17.2. The summed E-state index contributed by atoms with van der Waals surface area (Å²) in [7, 11) is 0. The fraction of sp³-hybridized carbons (Fsp3) is 0.304. The first-order valence-corrected chi connectivity index (χ1v) is 11.5. The summed E-state index contributed by atoms with van der Waals surface area (Å²) in [6.45, 7) is 5.87. The third-order valence-corrected chi connectivity index (χ3v) is 6.65. The van der Waals surface area contributed by atoms with Gasteiger partial charge in [0.05, 0.1) is 17.4 Å². The van der Waals surface area contributed by atoms with Crippen LogP contribution in [0.2, 0.25) is 5.02 Å². The van der Waals surface area contributed by atoms with E-state index in [1.807, 2.05) is 25.1 Å². The van der Waals surface area contributed by atoms with Gasteiger partial charge in [0.2, 0.25) is 5.91 Å². The monoisotopic (exact) mass is 458 g/mol. The van der Waals surface area contributed by atoms with Gasteiger partial charge in [0, 0.05) is 48.7 Å². The highest BCUT2D eigenvalue weighted by Gasteiger charge is 2.26. The number of benzene rings is 2. The number of rotatable bonds is 6. The number of aromatic nitrogens is 1. The van der Waals surface area contributed by atoms with Crippen molar-refractivity contribution in [2.45, 2.75) is 19.5 Å². The van der Waals surface area contributed by atoms with Crippen molar-refractivity contribution in [1.29, 1.82) is 0 Å². The lowest BCUT2D eigenvalue weighted by atomic mass is 10.2. The molecule has 1 amide bonds. The average Bonchev–Trinajstić information content (AvgIpc) is 3.25. The predicted octanol–water partition coefficient (Wildman–Crippen LogP) is 4.75. The molecule has 3 aromatic rings. The van der Waals surface area contributed by atoms with Gasteiger partial charge in [-0.1, -0.05) is 41.9 Å². The van der Waals surface area contributed by atoms with E-state index in [4.69, 9.17) is 16.6 Å². The van der Waals surface area contributed by atoms with Crippen molar-refractivity contribution in [2.24, 2.45) is 0 Å². The van der Waals surface area contributed by atoms with Gasteiger partial charge < -0.3 is 5.32 Å². The highest BCUT2D eigenvalue weighted by molar-refractivity contribution is 7.13. The van der Waals surface area contributed by atoms with Gasteiger partial charge in [-0.3, -0.25) is 14.6 Å². The number of amides is 1. The number of nitrogens with one attached hydrogen (secondary N) is 1. The van der Waals surface area contributed by atoms with Crippen LogP contribution < -0.4 is 5.32 Å². The van der Waals surface area contributed by atoms with Crippen molar-refractivity contribution in [3.63, 3.8) is 0 Å². The molecule has 0 radical (unpaired) electrons. The van der Waals surface area contributed by atoms with Crippen molar-refractivity contribution in [2.75, 3.05) is 31.5 Å². The summed E-state index contributed by atoms with van der Waals surface area (Å²) < 4.78 is 13.9. The molecule has 2 heterocycles. The lowest BCUT2D eigenvalue weighted by Gasteiger charge is -2.37. The first kappa shape index (κ1) is 21.9. The van der Waals surface area contributed by atoms with Gasteiger partial charge in [-0.2, -0.15) is 0 Å². The predicted molar refractivity (Wildman–Crippen MR) is 124 cm³/mol. The minimum absolute atomic E-state index is 0.112. The molecule has 0 spiro atoms. The van der Waals surface area contributed by atoms with Crippen molar-refractivity contribution in [3.8, 4) is 10.6 Å². The molecular weight excluding hydrogens is 435 g/mol. The van der Waals surface area contributed by atoms with Crippen LogP contribution in [0.1, 0.15) is 12.6 Å². The van der Waals surface area contributed by atoms with E-state index in [1.165, 1.54) is 18.2 Å². The Bertz CT molecular complexity index is 1040. The van der Waals surface area contributed by atoms with Crippen LogP contribution in [0.5, 0.6) is 0 Å². The van der Waals surface area contributed by atoms with Crippen LogP contribution in [0.15, 0.2) is 53.9 Å². The first-order chi connectivity index (χ1) is 15.0. The van der Waals surface area contributed by atoms with Crippen LogP contribution in [0.3, 0.4) is 0 Å². The molecule has 1 aromatic heterocycles. The quantitative estimate of drug-likeness (QED) is 0.579. The Labute approximate surface area is 190 Å². The largest absolute Gasteiger partial charge is 0.322 e. The fourth-order valence-electron chi connectivity index (χ4n) is 3.63. The molecule has 5 nitrogen and oxygen atoms in total. The van der Waals surface area contributed by atoms with Crippen molar-refractivity contribution in [1.82, 2.24) is 14.8 Å². The topological polar surface area (TPSA) is 48.5 Å². The number of nitrogens with zero attached hydrogens (tertiary/aromatic N) is 3. The second kappa shape index (κ2) is 9.87. The van der Waals surface area contributed by atoms with Gasteiger partial charge in [-0.05, 0) is 25.1 Å². The van der Waals surface area contributed by atoms with Crippen LogP contribution in [0.25, 0.3) is 10.6 Å². The highest BCUT2D eigenvalue weighted by Crippen LogP contribution is 2.24. The van der Waals surface area contributed by atoms with Crippen LogP contribution in [0.4, 0.5) is 10.1 Å². The van der Waals surface area contributed by atoms with Crippen LogP contribution in [0, 0.1) is 5.82 Å². The molecule has 1 aliphatic rings. The number of thiazole rings is 1. The maximum Gasteiger partial charge on any atom is 0.241 e. The van der Waals surface area contributed by atoms with E-state index in [-0.39, 0.29) is 17.6 Å². The van der Waals surface area contributed by atoms with Gasteiger partial charge in [0.1, 0.15) is 10.8 Å². The Morgan fingerprint density at radius 3 is 2.68 bits per heavy atom.